The highest BCUT2D eigenvalue weighted by atomic mass is 19.1. The number of carbonyl (C=O) groups is 2. The number of benzene rings is 1. The largest absolute Gasteiger partial charge is 0.294 e. The molecule has 1 aliphatic heterocycles. The van der Waals surface area contributed by atoms with Crippen LogP contribution in [0.1, 0.15) is 25.0 Å². The van der Waals surface area contributed by atoms with Crippen LogP contribution < -0.4 is 5.32 Å². The lowest BCUT2D eigenvalue weighted by molar-refractivity contribution is -0.145. The molecule has 1 fully saturated rings. The molecule has 104 valence electrons. The molecule has 0 radical (unpaired) electrons. The van der Waals surface area contributed by atoms with Gasteiger partial charge in [-0.3, -0.25) is 19.8 Å². The van der Waals surface area contributed by atoms with Crippen molar-refractivity contribution in [3.05, 3.63) is 35.1 Å². The lowest BCUT2D eigenvalue weighted by Gasteiger charge is -2.40. The quantitative estimate of drug-likeness (QED) is 0.815. The third kappa shape index (κ3) is 2.53. The first-order chi connectivity index (χ1) is 9.34. The first-order valence-corrected chi connectivity index (χ1v) is 6.12. The van der Waals surface area contributed by atoms with Crippen molar-refractivity contribution in [2.24, 2.45) is 0 Å². The Morgan fingerprint density at radius 2 is 2.15 bits per heavy atom. The normalized spacial score (nSPS) is 18.5. The molecule has 20 heavy (non-hydrogen) atoms. The molecule has 0 atom stereocenters. The van der Waals surface area contributed by atoms with Gasteiger partial charge in [-0.15, -0.1) is 0 Å². The van der Waals surface area contributed by atoms with Crippen molar-refractivity contribution in [3.63, 3.8) is 0 Å². The van der Waals surface area contributed by atoms with Gasteiger partial charge in [0.05, 0.1) is 17.6 Å². The van der Waals surface area contributed by atoms with Gasteiger partial charge in [-0.2, -0.15) is 5.26 Å². The summed E-state index contributed by atoms with van der Waals surface area (Å²) in [4.78, 5) is 25.0. The summed E-state index contributed by atoms with van der Waals surface area (Å²) in [6.07, 6.45) is 0. The molecular formula is C14H14FN3O2. The van der Waals surface area contributed by atoms with E-state index in [1.807, 2.05) is 0 Å². The number of hydrogen-bond donors (Lipinski definition) is 1. The van der Waals surface area contributed by atoms with Crippen LogP contribution in [0.15, 0.2) is 18.2 Å². The summed E-state index contributed by atoms with van der Waals surface area (Å²) in [6.45, 7) is 3.80. The zero-order valence-corrected chi connectivity index (χ0v) is 11.2. The van der Waals surface area contributed by atoms with Gasteiger partial charge in [0.2, 0.25) is 11.8 Å². The molecule has 0 spiro atoms. The standard InChI is InChI=1S/C14H14FN3O2/c1-14(2)13(20)17-12(19)8-18(14)7-9-3-4-11(15)10(5-9)6-16/h3-5H,7-8H2,1-2H3,(H,17,19,20). The fourth-order valence-corrected chi connectivity index (χ4v) is 2.06. The molecule has 1 N–H and O–H groups in total. The number of nitrogens with zero attached hydrogens (tertiary/aromatic N) is 2. The first-order valence-electron chi connectivity index (χ1n) is 6.12. The summed E-state index contributed by atoms with van der Waals surface area (Å²) in [5.74, 6) is -1.31. The Hall–Kier alpha value is -2.26. The van der Waals surface area contributed by atoms with Crippen molar-refractivity contribution in [1.29, 1.82) is 5.26 Å². The molecule has 0 saturated carbocycles. The zero-order chi connectivity index (χ0) is 14.9. The Morgan fingerprint density at radius 1 is 1.45 bits per heavy atom. The Labute approximate surface area is 116 Å². The van der Waals surface area contributed by atoms with E-state index in [-0.39, 0.29) is 23.9 Å². The van der Waals surface area contributed by atoms with Crippen molar-refractivity contribution < 1.29 is 14.0 Å². The highest BCUT2D eigenvalue weighted by Gasteiger charge is 2.40. The van der Waals surface area contributed by atoms with Gasteiger partial charge in [-0.05, 0) is 31.5 Å². The molecule has 0 bridgehead atoms. The topological polar surface area (TPSA) is 73.2 Å². The summed E-state index contributed by atoms with van der Waals surface area (Å²) in [7, 11) is 0. The predicted molar refractivity (Wildman–Crippen MR) is 68.8 cm³/mol. The predicted octanol–water partition coefficient (Wildman–Crippen LogP) is 0.934. The van der Waals surface area contributed by atoms with E-state index in [4.69, 9.17) is 5.26 Å². The second-order valence-electron chi connectivity index (χ2n) is 5.22. The van der Waals surface area contributed by atoms with Gasteiger partial charge in [-0.25, -0.2) is 4.39 Å². The monoisotopic (exact) mass is 275 g/mol. The summed E-state index contributed by atoms with van der Waals surface area (Å²) < 4.78 is 13.3. The molecule has 0 aromatic heterocycles. The molecule has 2 rings (SSSR count). The smallest absolute Gasteiger partial charge is 0.246 e. The number of hydrogen-bond acceptors (Lipinski definition) is 4. The molecule has 2 amide bonds. The minimum absolute atomic E-state index is 0.0481. The summed E-state index contributed by atoms with van der Waals surface area (Å²) in [5, 5.41) is 11.1. The Kier molecular flexibility index (Phi) is 3.55. The van der Waals surface area contributed by atoms with E-state index in [1.165, 1.54) is 12.1 Å². The van der Waals surface area contributed by atoms with Crippen LogP contribution >= 0.6 is 0 Å². The number of halogens is 1. The molecular weight excluding hydrogens is 261 g/mol. The third-order valence-electron chi connectivity index (χ3n) is 3.46. The maximum absolute atomic E-state index is 13.3. The van der Waals surface area contributed by atoms with E-state index in [2.05, 4.69) is 5.32 Å². The minimum Gasteiger partial charge on any atom is -0.294 e. The molecule has 1 aromatic carbocycles. The molecule has 5 nitrogen and oxygen atoms in total. The number of imide groups is 1. The fourth-order valence-electron chi connectivity index (χ4n) is 2.06. The average Bonchev–Trinajstić information content (AvgIpc) is 2.38. The van der Waals surface area contributed by atoms with Crippen LogP contribution in [0.4, 0.5) is 4.39 Å². The van der Waals surface area contributed by atoms with Gasteiger partial charge < -0.3 is 0 Å². The second-order valence-corrected chi connectivity index (χ2v) is 5.22. The SMILES string of the molecule is CC1(C)C(=O)NC(=O)CN1Cc1ccc(F)c(C#N)c1. The van der Waals surface area contributed by atoms with E-state index in [9.17, 15) is 14.0 Å². The lowest BCUT2D eigenvalue weighted by atomic mass is 9.97. The van der Waals surface area contributed by atoms with Crippen LogP contribution in [-0.2, 0) is 16.1 Å². The van der Waals surface area contributed by atoms with Crippen LogP contribution in [-0.4, -0.2) is 28.8 Å². The van der Waals surface area contributed by atoms with Gasteiger partial charge in [-0.1, -0.05) is 6.07 Å². The van der Waals surface area contributed by atoms with Gasteiger partial charge in [0.1, 0.15) is 11.9 Å². The average molecular weight is 275 g/mol. The summed E-state index contributed by atoms with van der Waals surface area (Å²) in [6, 6.07) is 5.96. The molecule has 6 heteroatoms. The van der Waals surface area contributed by atoms with Gasteiger partial charge in [0.15, 0.2) is 0 Å². The van der Waals surface area contributed by atoms with Crippen molar-refractivity contribution in [2.75, 3.05) is 6.54 Å². The number of rotatable bonds is 2. The van der Waals surface area contributed by atoms with Crippen LogP contribution in [0.3, 0.4) is 0 Å². The summed E-state index contributed by atoms with van der Waals surface area (Å²) >= 11 is 0. The van der Waals surface area contributed by atoms with Crippen molar-refractivity contribution in [1.82, 2.24) is 10.2 Å². The van der Waals surface area contributed by atoms with Crippen LogP contribution in [0.2, 0.25) is 0 Å². The van der Waals surface area contributed by atoms with Crippen LogP contribution in [0.25, 0.3) is 0 Å². The number of piperazine rings is 1. The molecule has 1 aromatic rings. The minimum atomic E-state index is -0.838. The molecule has 1 aliphatic rings. The fraction of sp³-hybridized carbons (Fsp3) is 0.357. The van der Waals surface area contributed by atoms with Crippen LogP contribution in [0, 0.1) is 17.1 Å². The van der Waals surface area contributed by atoms with Crippen molar-refractivity contribution in [3.8, 4) is 6.07 Å². The Morgan fingerprint density at radius 3 is 2.80 bits per heavy atom. The number of nitrogens with one attached hydrogen (secondary N) is 1. The van der Waals surface area contributed by atoms with E-state index in [0.29, 0.717) is 12.1 Å². The van der Waals surface area contributed by atoms with Crippen molar-refractivity contribution in [2.45, 2.75) is 25.9 Å². The van der Waals surface area contributed by atoms with E-state index >= 15 is 0 Å². The van der Waals surface area contributed by atoms with E-state index < -0.39 is 11.4 Å². The molecule has 1 saturated heterocycles. The van der Waals surface area contributed by atoms with Gasteiger partial charge in [0, 0.05) is 6.54 Å². The van der Waals surface area contributed by atoms with Crippen LogP contribution in [0.5, 0.6) is 0 Å². The lowest BCUT2D eigenvalue weighted by Crippen LogP contribution is -2.63. The Balaban J connectivity index is 2.26. The zero-order valence-electron chi connectivity index (χ0n) is 11.2. The number of amides is 2. The highest BCUT2D eigenvalue weighted by molar-refractivity contribution is 6.02. The highest BCUT2D eigenvalue weighted by Crippen LogP contribution is 2.21. The number of nitriles is 1. The molecule has 0 aliphatic carbocycles. The molecule has 1 heterocycles. The maximum atomic E-state index is 13.3. The van der Waals surface area contributed by atoms with E-state index in [0.717, 1.165) is 0 Å². The van der Waals surface area contributed by atoms with E-state index in [1.54, 1.807) is 30.9 Å². The van der Waals surface area contributed by atoms with Gasteiger partial charge in [0.25, 0.3) is 0 Å². The first kappa shape index (κ1) is 14.2. The number of carbonyl (C=O) groups excluding carboxylic acids is 2. The second kappa shape index (κ2) is 5.02. The summed E-state index contributed by atoms with van der Waals surface area (Å²) in [5.41, 5.74) is -0.207. The van der Waals surface area contributed by atoms with Gasteiger partial charge >= 0.3 is 0 Å². The van der Waals surface area contributed by atoms with Crippen molar-refractivity contribution >= 4 is 11.8 Å². The third-order valence-corrected chi connectivity index (χ3v) is 3.46. The molecule has 0 unspecified atom stereocenters. The maximum Gasteiger partial charge on any atom is 0.246 e. The Bertz CT molecular complexity index is 619.